The molecule has 2 aliphatic rings. The van der Waals surface area contributed by atoms with E-state index in [1.54, 1.807) is 11.8 Å². The fraction of sp³-hybridized carbons (Fsp3) is 0.579. The van der Waals surface area contributed by atoms with Crippen molar-refractivity contribution >= 4 is 12.1 Å². The Morgan fingerprint density at radius 3 is 2.68 bits per heavy atom. The Morgan fingerprint density at radius 2 is 2.00 bits per heavy atom. The van der Waals surface area contributed by atoms with E-state index < -0.39 is 17.7 Å². The molecule has 2 heterocycles. The zero-order chi connectivity index (χ0) is 18.2. The number of benzene rings is 1. The number of nitrogens with zero attached hydrogens (tertiary/aromatic N) is 1. The van der Waals surface area contributed by atoms with Crippen LogP contribution in [0.1, 0.15) is 45.7 Å². The zero-order valence-corrected chi connectivity index (χ0v) is 15.2. The number of fused-ring (bicyclic) bond motifs is 3. The second-order valence-electron chi connectivity index (χ2n) is 7.44. The van der Waals surface area contributed by atoms with E-state index in [0.717, 1.165) is 11.3 Å². The number of carbonyl (C=O) groups is 2. The van der Waals surface area contributed by atoms with Crippen LogP contribution >= 0.6 is 0 Å². The molecular formula is C19H25NO5. The molecule has 0 aliphatic carbocycles. The smallest absolute Gasteiger partial charge is 0.411 e. The predicted octanol–water partition coefficient (Wildman–Crippen LogP) is 3.31. The first-order valence-electron chi connectivity index (χ1n) is 8.71. The lowest BCUT2D eigenvalue weighted by Gasteiger charge is -2.35. The molecule has 3 rings (SSSR count). The summed E-state index contributed by atoms with van der Waals surface area (Å²) in [6, 6.07) is 6.74. The van der Waals surface area contributed by atoms with Crippen molar-refractivity contribution in [3.63, 3.8) is 0 Å². The monoisotopic (exact) mass is 347 g/mol. The van der Waals surface area contributed by atoms with Crippen molar-refractivity contribution in [2.24, 2.45) is 5.92 Å². The molecule has 6 heteroatoms. The number of hydrogen-bond donors (Lipinski definition) is 0. The SMILES string of the molecule is CCOC(=O)C1CC2COc3ccccc3C2N1C(=O)OC(C)(C)C. The van der Waals surface area contributed by atoms with Crippen molar-refractivity contribution < 1.29 is 23.8 Å². The Kier molecular flexibility index (Phi) is 4.62. The first-order valence-corrected chi connectivity index (χ1v) is 8.71. The van der Waals surface area contributed by atoms with Crippen LogP contribution in [-0.4, -0.2) is 41.8 Å². The van der Waals surface area contributed by atoms with E-state index in [1.165, 1.54) is 0 Å². The van der Waals surface area contributed by atoms with Gasteiger partial charge in [0.05, 0.1) is 19.3 Å². The summed E-state index contributed by atoms with van der Waals surface area (Å²) in [6.07, 6.45) is 0.0200. The Hall–Kier alpha value is -2.24. The molecule has 6 nitrogen and oxygen atoms in total. The van der Waals surface area contributed by atoms with Crippen molar-refractivity contribution in [2.45, 2.75) is 51.8 Å². The maximum Gasteiger partial charge on any atom is 0.411 e. The molecule has 0 saturated carbocycles. The largest absolute Gasteiger partial charge is 0.493 e. The molecule has 1 fully saturated rings. The summed E-state index contributed by atoms with van der Waals surface area (Å²) < 4.78 is 16.6. The normalized spacial score (nSPS) is 24.8. The Bertz CT molecular complexity index is 666. The van der Waals surface area contributed by atoms with E-state index in [1.807, 2.05) is 45.0 Å². The lowest BCUT2D eigenvalue weighted by molar-refractivity contribution is -0.148. The van der Waals surface area contributed by atoms with Gasteiger partial charge >= 0.3 is 12.1 Å². The van der Waals surface area contributed by atoms with Crippen molar-refractivity contribution in [2.75, 3.05) is 13.2 Å². The molecule has 0 radical (unpaired) electrons. The summed E-state index contributed by atoms with van der Waals surface area (Å²) >= 11 is 0. The van der Waals surface area contributed by atoms with E-state index in [4.69, 9.17) is 14.2 Å². The summed E-state index contributed by atoms with van der Waals surface area (Å²) in [7, 11) is 0. The number of ether oxygens (including phenoxy) is 3. The summed E-state index contributed by atoms with van der Waals surface area (Å²) in [5, 5.41) is 0. The maximum atomic E-state index is 12.9. The van der Waals surface area contributed by atoms with Crippen LogP contribution in [0.4, 0.5) is 4.79 Å². The Balaban J connectivity index is 1.98. The molecule has 1 aromatic carbocycles. The zero-order valence-electron chi connectivity index (χ0n) is 15.2. The fourth-order valence-electron chi connectivity index (χ4n) is 3.57. The van der Waals surface area contributed by atoms with Gasteiger partial charge in [-0.05, 0) is 40.2 Å². The lowest BCUT2D eigenvalue weighted by atomic mass is 9.91. The molecular weight excluding hydrogens is 322 g/mol. The van der Waals surface area contributed by atoms with Gasteiger partial charge in [0.1, 0.15) is 17.4 Å². The second-order valence-corrected chi connectivity index (χ2v) is 7.44. The van der Waals surface area contributed by atoms with Crippen molar-refractivity contribution in [3.05, 3.63) is 29.8 Å². The molecule has 25 heavy (non-hydrogen) atoms. The van der Waals surface area contributed by atoms with E-state index >= 15 is 0 Å². The number of hydrogen-bond acceptors (Lipinski definition) is 5. The molecule has 3 unspecified atom stereocenters. The summed E-state index contributed by atoms with van der Waals surface area (Å²) in [6.45, 7) is 7.95. The minimum absolute atomic E-state index is 0.0387. The minimum Gasteiger partial charge on any atom is -0.493 e. The number of rotatable bonds is 2. The number of carbonyl (C=O) groups excluding carboxylic acids is 2. The van der Waals surface area contributed by atoms with Gasteiger partial charge in [0.15, 0.2) is 0 Å². The molecule has 2 aliphatic heterocycles. The van der Waals surface area contributed by atoms with Gasteiger partial charge in [-0.15, -0.1) is 0 Å². The minimum atomic E-state index is -0.653. The molecule has 3 atom stereocenters. The first-order chi connectivity index (χ1) is 11.8. The van der Waals surface area contributed by atoms with Crippen LogP contribution in [0.3, 0.4) is 0 Å². The van der Waals surface area contributed by atoms with Gasteiger partial charge in [-0.3, -0.25) is 4.90 Å². The van der Waals surface area contributed by atoms with Gasteiger partial charge in [0, 0.05) is 11.5 Å². The van der Waals surface area contributed by atoms with E-state index in [9.17, 15) is 9.59 Å². The third-order valence-corrected chi connectivity index (χ3v) is 4.46. The highest BCUT2D eigenvalue weighted by Crippen LogP contribution is 2.48. The molecule has 0 aromatic heterocycles. The summed E-state index contributed by atoms with van der Waals surface area (Å²) in [4.78, 5) is 26.9. The van der Waals surface area contributed by atoms with Crippen LogP contribution in [-0.2, 0) is 14.3 Å². The lowest BCUT2D eigenvalue weighted by Crippen LogP contribution is -2.45. The summed E-state index contributed by atoms with van der Waals surface area (Å²) in [5.74, 6) is 0.402. The van der Waals surface area contributed by atoms with Crippen LogP contribution < -0.4 is 4.74 Å². The predicted molar refractivity (Wildman–Crippen MR) is 91.3 cm³/mol. The molecule has 136 valence electrons. The van der Waals surface area contributed by atoms with Gasteiger partial charge in [-0.25, -0.2) is 9.59 Å². The van der Waals surface area contributed by atoms with Crippen molar-refractivity contribution in [3.8, 4) is 5.75 Å². The van der Waals surface area contributed by atoms with Gasteiger partial charge in [-0.2, -0.15) is 0 Å². The molecule has 1 amide bonds. The second kappa shape index (κ2) is 6.58. The third kappa shape index (κ3) is 3.43. The standard InChI is InChI=1S/C19H25NO5/c1-5-23-17(21)14-10-12-11-24-15-9-7-6-8-13(15)16(12)20(14)18(22)25-19(2,3)4/h6-9,12,14,16H,5,10-11H2,1-4H3. The fourth-order valence-corrected chi connectivity index (χ4v) is 3.57. The molecule has 0 spiro atoms. The van der Waals surface area contributed by atoms with Crippen LogP contribution in [0, 0.1) is 5.92 Å². The van der Waals surface area contributed by atoms with Crippen LogP contribution in [0.15, 0.2) is 24.3 Å². The highest BCUT2D eigenvalue weighted by atomic mass is 16.6. The van der Waals surface area contributed by atoms with Gasteiger partial charge in [0.2, 0.25) is 0 Å². The number of likely N-dealkylation sites (tertiary alicyclic amines) is 1. The maximum absolute atomic E-state index is 12.9. The average molecular weight is 347 g/mol. The van der Waals surface area contributed by atoms with Gasteiger partial charge in [-0.1, -0.05) is 18.2 Å². The van der Waals surface area contributed by atoms with E-state index in [2.05, 4.69) is 0 Å². The molecule has 0 bridgehead atoms. The van der Waals surface area contributed by atoms with Gasteiger partial charge < -0.3 is 14.2 Å². The van der Waals surface area contributed by atoms with Crippen LogP contribution in [0.5, 0.6) is 5.75 Å². The number of para-hydroxylation sites is 1. The third-order valence-electron chi connectivity index (χ3n) is 4.46. The molecule has 1 saturated heterocycles. The van der Waals surface area contributed by atoms with Gasteiger partial charge in [0.25, 0.3) is 0 Å². The topological polar surface area (TPSA) is 65.1 Å². The highest BCUT2D eigenvalue weighted by Gasteiger charge is 2.52. The Morgan fingerprint density at radius 1 is 1.28 bits per heavy atom. The van der Waals surface area contributed by atoms with E-state index in [0.29, 0.717) is 13.0 Å². The van der Waals surface area contributed by atoms with Crippen LogP contribution in [0.25, 0.3) is 0 Å². The average Bonchev–Trinajstić information content (AvgIpc) is 2.93. The van der Waals surface area contributed by atoms with Crippen molar-refractivity contribution in [1.29, 1.82) is 0 Å². The highest BCUT2D eigenvalue weighted by molar-refractivity contribution is 5.83. The van der Waals surface area contributed by atoms with Crippen LogP contribution in [0.2, 0.25) is 0 Å². The first kappa shape index (κ1) is 17.6. The molecule has 1 aromatic rings. The van der Waals surface area contributed by atoms with Crippen molar-refractivity contribution in [1.82, 2.24) is 4.90 Å². The Labute approximate surface area is 148 Å². The number of esters is 1. The number of amides is 1. The van der Waals surface area contributed by atoms with E-state index in [-0.39, 0.29) is 24.5 Å². The summed E-state index contributed by atoms with van der Waals surface area (Å²) in [5.41, 5.74) is 0.274. The molecule has 0 N–H and O–H groups in total. The quantitative estimate of drug-likeness (QED) is 0.768.